The largest absolute Gasteiger partial charge is 0.486 e. The number of benzene rings is 1. The van der Waals surface area contributed by atoms with Crippen LogP contribution in [0.4, 0.5) is 5.69 Å². The van der Waals surface area contributed by atoms with Crippen LogP contribution in [0.1, 0.15) is 31.1 Å². The van der Waals surface area contributed by atoms with Crippen molar-refractivity contribution in [3.63, 3.8) is 0 Å². The molecule has 1 rings (SSSR count). The highest BCUT2D eigenvalue weighted by Gasteiger charge is 2.14. The molecule has 0 heterocycles. The number of carbonyl (C=O) groups excluding carboxylic acids is 1. The molecule has 0 aliphatic carbocycles. The van der Waals surface area contributed by atoms with Gasteiger partial charge in [-0.15, -0.1) is 0 Å². The third kappa shape index (κ3) is 3.16. The predicted molar refractivity (Wildman–Crippen MR) is 59.8 cm³/mol. The van der Waals surface area contributed by atoms with E-state index >= 15 is 0 Å². The van der Waals surface area contributed by atoms with Crippen LogP contribution in [-0.4, -0.2) is 11.5 Å². The van der Waals surface area contributed by atoms with Gasteiger partial charge in [0, 0.05) is 5.56 Å². The van der Waals surface area contributed by atoms with Crippen molar-refractivity contribution in [1.82, 2.24) is 0 Å². The van der Waals surface area contributed by atoms with Gasteiger partial charge in [0.2, 0.25) is 5.91 Å². The Balaban J connectivity index is 2.99. The van der Waals surface area contributed by atoms with Crippen LogP contribution in [0.25, 0.3) is 0 Å². The summed E-state index contributed by atoms with van der Waals surface area (Å²) in [7, 11) is 0. The van der Waals surface area contributed by atoms with Crippen molar-refractivity contribution in [2.75, 3.05) is 5.73 Å². The number of hydrogen-bond donors (Lipinski definition) is 2. The molecule has 0 radical (unpaired) electrons. The van der Waals surface area contributed by atoms with Crippen molar-refractivity contribution in [2.45, 2.75) is 26.4 Å². The van der Waals surface area contributed by atoms with E-state index in [2.05, 4.69) is 0 Å². The van der Waals surface area contributed by atoms with Crippen LogP contribution in [0.3, 0.4) is 0 Å². The fourth-order valence-corrected chi connectivity index (χ4v) is 1.12. The van der Waals surface area contributed by atoms with E-state index in [4.69, 9.17) is 16.2 Å². The molecule has 0 aromatic heterocycles. The zero-order valence-electron chi connectivity index (χ0n) is 9.20. The Labute approximate surface area is 89.2 Å². The summed E-state index contributed by atoms with van der Waals surface area (Å²) in [5.74, 6) is 0.0662. The minimum absolute atomic E-state index is 0.317. The van der Waals surface area contributed by atoms with E-state index in [9.17, 15) is 4.79 Å². The molecule has 1 amide bonds. The summed E-state index contributed by atoms with van der Waals surface area (Å²) in [4.78, 5) is 10.9. The van der Waals surface area contributed by atoms with Gasteiger partial charge in [0.25, 0.3) is 0 Å². The molecule has 0 aliphatic heterocycles. The van der Waals surface area contributed by atoms with Gasteiger partial charge in [-0.3, -0.25) is 4.79 Å². The fraction of sp³-hybridized carbons (Fsp3) is 0.364. The molecule has 0 saturated carbocycles. The second-order valence-corrected chi connectivity index (χ2v) is 4.33. The van der Waals surface area contributed by atoms with E-state index in [1.54, 1.807) is 12.1 Å². The molecule has 0 spiro atoms. The molecule has 4 heteroatoms. The number of hydrogen-bond acceptors (Lipinski definition) is 3. The average molecular weight is 208 g/mol. The molecule has 82 valence electrons. The third-order valence-electron chi connectivity index (χ3n) is 1.71. The Morgan fingerprint density at radius 3 is 2.33 bits per heavy atom. The molecular formula is C11H16N2O2. The first-order valence-corrected chi connectivity index (χ1v) is 4.68. The van der Waals surface area contributed by atoms with Crippen LogP contribution in [-0.2, 0) is 0 Å². The standard InChI is InChI=1S/C11H16N2O2/c1-11(2,3)15-9-5-4-7(10(13)14)6-8(9)12/h4-6H,12H2,1-3H3,(H2,13,14). The molecule has 4 nitrogen and oxygen atoms in total. The van der Waals surface area contributed by atoms with Crippen LogP contribution in [0, 0.1) is 0 Å². The lowest BCUT2D eigenvalue weighted by Gasteiger charge is -2.22. The van der Waals surface area contributed by atoms with Crippen LogP contribution >= 0.6 is 0 Å². The summed E-state index contributed by atoms with van der Waals surface area (Å²) in [6.07, 6.45) is 0. The smallest absolute Gasteiger partial charge is 0.248 e. The van der Waals surface area contributed by atoms with Gasteiger partial charge in [-0.05, 0) is 39.0 Å². The van der Waals surface area contributed by atoms with E-state index < -0.39 is 5.91 Å². The number of nitrogen functional groups attached to an aromatic ring is 1. The molecule has 1 aromatic rings. The average Bonchev–Trinajstić information content (AvgIpc) is 2.05. The zero-order chi connectivity index (χ0) is 11.6. The first-order valence-electron chi connectivity index (χ1n) is 4.68. The topological polar surface area (TPSA) is 78.3 Å². The summed E-state index contributed by atoms with van der Waals surface area (Å²) >= 11 is 0. The predicted octanol–water partition coefficient (Wildman–Crippen LogP) is 1.54. The minimum atomic E-state index is -0.496. The molecule has 0 unspecified atom stereocenters. The lowest BCUT2D eigenvalue weighted by molar-refractivity contribution is 0.1000. The van der Waals surface area contributed by atoms with Crippen molar-refractivity contribution in [3.05, 3.63) is 23.8 Å². The van der Waals surface area contributed by atoms with E-state index in [-0.39, 0.29) is 5.60 Å². The monoisotopic (exact) mass is 208 g/mol. The van der Waals surface area contributed by atoms with E-state index in [1.807, 2.05) is 20.8 Å². The summed E-state index contributed by atoms with van der Waals surface area (Å²) in [5, 5.41) is 0. The zero-order valence-corrected chi connectivity index (χ0v) is 9.20. The van der Waals surface area contributed by atoms with E-state index in [0.29, 0.717) is 17.0 Å². The van der Waals surface area contributed by atoms with Crippen molar-refractivity contribution >= 4 is 11.6 Å². The number of anilines is 1. The minimum Gasteiger partial charge on any atom is -0.486 e. The van der Waals surface area contributed by atoms with Crippen LogP contribution < -0.4 is 16.2 Å². The normalized spacial score (nSPS) is 11.1. The van der Waals surface area contributed by atoms with Crippen LogP contribution in [0.15, 0.2) is 18.2 Å². The SMILES string of the molecule is CC(C)(C)Oc1ccc(C(N)=O)cc1N. The molecule has 0 fully saturated rings. The Morgan fingerprint density at radius 1 is 1.33 bits per heavy atom. The van der Waals surface area contributed by atoms with Gasteiger partial charge in [0.1, 0.15) is 11.4 Å². The van der Waals surface area contributed by atoms with E-state index in [0.717, 1.165) is 0 Å². The fourth-order valence-electron chi connectivity index (χ4n) is 1.12. The first kappa shape index (κ1) is 11.4. The maximum Gasteiger partial charge on any atom is 0.248 e. The Hall–Kier alpha value is -1.71. The lowest BCUT2D eigenvalue weighted by atomic mass is 10.1. The molecule has 0 bridgehead atoms. The molecule has 1 aromatic carbocycles. The van der Waals surface area contributed by atoms with Crippen molar-refractivity contribution in [1.29, 1.82) is 0 Å². The molecule has 0 saturated heterocycles. The van der Waals surface area contributed by atoms with Gasteiger partial charge in [-0.1, -0.05) is 0 Å². The molecular weight excluding hydrogens is 192 g/mol. The highest BCUT2D eigenvalue weighted by atomic mass is 16.5. The van der Waals surface area contributed by atoms with Gasteiger partial charge in [-0.2, -0.15) is 0 Å². The Kier molecular flexibility index (Phi) is 2.88. The summed E-state index contributed by atoms with van der Waals surface area (Å²) in [5.41, 5.74) is 11.3. The van der Waals surface area contributed by atoms with E-state index in [1.165, 1.54) is 6.07 Å². The lowest BCUT2D eigenvalue weighted by Crippen LogP contribution is -2.23. The highest BCUT2D eigenvalue weighted by Crippen LogP contribution is 2.26. The maximum absolute atomic E-state index is 10.9. The van der Waals surface area contributed by atoms with Gasteiger partial charge in [0.15, 0.2) is 0 Å². The van der Waals surface area contributed by atoms with Gasteiger partial charge in [-0.25, -0.2) is 0 Å². The molecule has 4 N–H and O–H groups in total. The van der Waals surface area contributed by atoms with Crippen LogP contribution in [0.2, 0.25) is 0 Å². The third-order valence-corrected chi connectivity index (χ3v) is 1.71. The van der Waals surface area contributed by atoms with Gasteiger partial charge in [0.05, 0.1) is 5.69 Å². The number of primary amides is 1. The molecule has 0 atom stereocenters. The second kappa shape index (κ2) is 3.81. The highest BCUT2D eigenvalue weighted by molar-refractivity contribution is 5.94. The van der Waals surface area contributed by atoms with Crippen molar-refractivity contribution < 1.29 is 9.53 Å². The Bertz CT molecular complexity index is 381. The second-order valence-electron chi connectivity index (χ2n) is 4.33. The molecule has 15 heavy (non-hydrogen) atoms. The summed E-state index contributed by atoms with van der Waals surface area (Å²) in [6, 6.07) is 4.77. The number of carbonyl (C=O) groups is 1. The quantitative estimate of drug-likeness (QED) is 0.724. The number of ether oxygens (including phenoxy) is 1. The summed E-state index contributed by atoms with van der Waals surface area (Å²) in [6.45, 7) is 5.78. The number of amides is 1. The number of rotatable bonds is 2. The number of nitrogens with two attached hydrogens (primary N) is 2. The van der Waals surface area contributed by atoms with Gasteiger partial charge >= 0.3 is 0 Å². The summed E-state index contributed by atoms with van der Waals surface area (Å²) < 4.78 is 5.59. The maximum atomic E-state index is 10.9. The van der Waals surface area contributed by atoms with Gasteiger partial charge < -0.3 is 16.2 Å². The molecule has 0 aliphatic rings. The first-order chi connectivity index (χ1) is 6.79. The Morgan fingerprint density at radius 2 is 1.93 bits per heavy atom. The van der Waals surface area contributed by atoms with Crippen molar-refractivity contribution in [2.24, 2.45) is 5.73 Å². The van der Waals surface area contributed by atoms with Crippen molar-refractivity contribution in [3.8, 4) is 5.75 Å². The van der Waals surface area contributed by atoms with Crippen LogP contribution in [0.5, 0.6) is 5.75 Å².